The standard InChI is InChI=1S/C16H28N2O3/c1-12(19)18-10-13(7-8-16(20)21-2)9-15(11-18)17-14-5-3-4-6-14/h13-15,17H,3-11H2,1-2H3. The smallest absolute Gasteiger partial charge is 0.305 e. The number of carbonyl (C=O) groups excluding carboxylic acids is 2. The van der Waals surface area contributed by atoms with Gasteiger partial charge in [0, 0.05) is 38.5 Å². The van der Waals surface area contributed by atoms with E-state index < -0.39 is 0 Å². The van der Waals surface area contributed by atoms with E-state index in [0.717, 1.165) is 25.9 Å². The van der Waals surface area contributed by atoms with E-state index in [2.05, 4.69) is 5.32 Å². The number of carbonyl (C=O) groups is 2. The van der Waals surface area contributed by atoms with E-state index in [4.69, 9.17) is 4.74 Å². The van der Waals surface area contributed by atoms with Gasteiger partial charge in [0.05, 0.1) is 7.11 Å². The van der Waals surface area contributed by atoms with Crippen molar-refractivity contribution in [1.29, 1.82) is 0 Å². The summed E-state index contributed by atoms with van der Waals surface area (Å²) >= 11 is 0. The van der Waals surface area contributed by atoms with Crippen LogP contribution >= 0.6 is 0 Å². The van der Waals surface area contributed by atoms with Crippen LogP contribution in [0.2, 0.25) is 0 Å². The summed E-state index contributed by atoms with van der Waals surface area (Å²) in [7, 11) is 1.43. The van der Waals surface area contributed by atoms with Crippen LogP contribution in [-0.2, 0) is 14.3 Å². The fraction of sp³-hybridized carbons (Fsp3) is 0.875. The largest absolute Gasteiger partial charge is 0.469 e. The molecule has 21 heavy (non-hydrogen) atoms. The highest BCUT2D eigenvalue weighted by Crippen LogP contribution is 2.25. The maximum absolute atomic E-state index is 11.7. The van der Waals surface area contributed by atoms with E-state index >= 15 is 0 Å². The Kier molecular flexibility index (Phi) is 6.03. The van der Waals surface area contributed by atoms with Crippen LogP contribution in [0.3, 0.4) is 0 Å². The summed E-state index contributed by atoms with van der Waals surface area (Å²) in [6.07, 6.45) is 7.44. The van der Waals surface area contributed by atoms with Crippen LogP contribution in [0.5, 0.6) is 0 Å². The molecule has 0 aromatic rings. The zero-order chi connectivity index (χ0) is 15.2. The molecule has 0 aromatic carbocycles. The summed E-state index contributed by atoms with van der Waals surface area (Å²) in [5.41, 5.74) is 0. The van der Waals surface area contributed by atoms with Gasteiger partial charge in [-0.3, -0.25) is 9.59 Å². The number of ether oxygens (including phenoxy) is 1. The zero-order valence-electron chi connectivity index (χ0n) is 13.3. The second kappa shape index (κ2) is 7.78. The number of hydrogen-bond acceptors (Lipinski definition) is 4. The lowest BCUT2D eigenvalue weighted by atomic mass is 9.89. The Morgan fingerprint density at radius 3 is 2.52 bits per heavy atom. The highest BCUT2D eigenvalue weighted by Gasteiger charge is 2.30. The van der Waals surface area contributed by atoms with Gasteiger partial charge in [0.1, 0.15) is 0 Å². The Morgan fingerprint density at radius 1 is 1.19 bits per heavy atom. The fourth-order valence-electron chi connectivity index (χ4n) is 3.64. The molecule has 2 unspecified atom stereocenters. The minimum Gasteiger partial charge on any atom is -0.469 e. The van der Waals surface area contributed by atoms with Gasteiger partial charge >= 0.3 is 5.97 Å². The molecule has 2 aliphatic rings. The number of nitrogens with one attached hydrogen (secondary N) is 1. The number of nitrogens with zero attached hydrogens (tertiary/aromatic N) is 1. The molecule has 5 nitrogen and oxygen atoms in total. The van der Waals surface area contributed by atoms with Crippen LogP contribution in [0.25, 0.3) is 0 Å². The first-order chi connectivity index (χ1) is 10.1. The van der Waals surface area contributed by atoms with Crippen molar-refractivity contribution in [3.05, 3.63) is 0 Å². The van der Waals surface area contributed by atoms with Crippen molar-refractivity contribution in [2.24, 2.45) is 5.92 Å². The SMILES string of the molecule is COC(=O)CCC1CC(NC2CCCC2)CN(C(C)=O)C1. The Bertz CT molecular complexity index is 367. The molecule has 2 rings (SSSR count). The molecule has 5 heteroatoms. The Morgan fingerprint density at radius 2 is 1.90 bits per heavy atom. The molecule has 1 saturated heterocycles. The first kappa shape index (κ1) is 16.3. The molecule has 1 aliphatic carbocycles. The third-order valence-electron chi connectivity index (χ3n) is 4.79. The average Bonchev–Trinajstić information content (AvgIpc) is 2.97. The van der Waals surface area contributed by atoms with Gasteiger partial charge in [-0.05, 0) is 31.6 Å². The van der Waals surface area contributed by atoms with Crippen molar-refractivity contribution in [1.82, 2.24) is 10.2 Å². The lowest BCUT2D eigenvalue weighted by Crippen LogP contribution is -2.52. The minimum absolute atomic E-state index is 0.135. The highest BCUT2D eigenvalue weighted by molar-refractivity contribution is 5.73. The number of amides is 1. The predicted molar refractivity (Wildman–Crippen MR) is 80.8 cm³/mol. The van der Waals surface area contributed by atoms with Gasteiger partial charge in [-0.15, -0.1) is 0 Å². The molecule has 1 saturated carbocycles. The van der Waals surface area contributed by atoms with Gasteiger partial charge in [-0.25, -0.2) is 0 Å². The molecule has 2 fully saturated rings. The maximum Gasteiger partial charge on any atom is 0.305 e. The van der Waals surface area contributed by atoms with Crippen LogP contribution in [0.1, 0.15) is 51.9 Å². The van der Waals surface area contributed by atoms with Gasteiger partial charge in [0.2, 0.25) is 5.91 Å². The summed E-state index contributed by atoms with van der Waals surface area (Å²) in [5, 5.41) is 3.72. The van der Waals surface area contributed by atoms with Gasteiger partial charge < -0.3 is 15.0 Å². The topological polar surface area (TPSA) is 58.6 Å². The van der Waals surface area contributed by atoms with E-state index in [1.807, 2.05) is 4.90 Å². The number of likely N-dealkylation sites (tertiary alicyclic amines) is 1. The van der Waals surface area contributed by atoms with Gasteiger partial charge in [-0.2, -0.15) is 0 Å². The second-order valence-electron chi connectivity index (χ2n) is 6.49. The van der Waals surface area contributed by atoms with E-state index in [1.165, 1.54) is 32.8 Å². The quantitative estimate of drug-likeness (QED) is 0.785. The van der Waals surface area contributed by atoms with E-state index in [1.54, 1.807) is 6.92 Å². The lowest BCUT2D eigenvalue weighted by molar-refractivity contribution is -0.141. The van der Waals surface area contributed by atoms with Crippen molar-refractivity contribution in [3.8, 4) is 0 Å². The maximum atomic E-state index is 11.7. The van der Waals surface area contributed by atoms with Gasteiger partial charge in [0.25, 0.3) is 0 Å². The summed E-state index contributed by atoms with van der Waals surface area (Å²) in [4.78, 5) is 25.0. The summed E-state index contributed by atoms with van der Waals surface area (Å²) < 4.78 is 4.71. The zero-order valence-corrected chi connectivity index (χ0v) is 13.3. The van der Waals surface area contributed by atoms with Crippen molar-refractivity contribution in [2.45, 2.75) is 64.0 Å². The van der Waals surface area contributed by atoms with Gasteiger partial charge in [0.15, 0.2) is 0 Å². The van der Waals surface area contributed by atoms with Crippen LogP contribution in [0.15, 0.2) is 0 Å². The molecule has 0 bridgehead atoms. The second-order valence-corrected chi connectivity index (χ2v) is 6.49. The van der Waals surface area contributed by atoms with Crippen LogP contribution in [-0.4, -0.2) is 49.1 Å². The summed E-state index contributed by atoms with van der Waals surface area (Å²) in [6, 6.07) is 0.983. The lowest BCUT2D eigenvalue weighted by Gasteiger charge is -2.39. The fourth-order valence-corrected chi connectivity index (χ4v) is 3.64. The van der Waals surface area contributed by atoms with E-state index in [0.29, 0.717) is 24.4 Å². The number of rotatable bonds is 5. The van der Waals surface area contributed by atoms with Crippen molar-refractivity contribution in [2.75, 3.05) is 20.2 Å². The molecule has 1 aliphatic heterocycles. The Labute approximate surface area is 127 Å². The molecular formula is C16H28N2O3. The number of esters is 1. The molecular weight excluding hydrogens is 268 g/mol. The van der Waals surface area contributed by atoms with Crippen molar-refractivity contribution < 1.29 is 14.3 Å². The molecule has 2 atom stereocenters. The van der Waals surface area contributed by atoms with Crippen LogP contribution in [0.4, 0.5) is 0 Å². The molecule has 0 aromatic heterocycles. The molecule has 1 heterocycles. The Hall–Kier alpha value is -1.10. The van der Waals surface area contributed by atoms with Crippen LogP contribution in [0, 0.1) is 5.92 Å². The monoisotopic (exact) mass is 296 g/mol. The van der Waals surface area contributed by atoms with Crippen molar-refractivity contribution >= 4 is 11.9 Å². The first-order valence-corrected chi connectivity index (χ1v) is 8.17. The molecule has 0 radical (unpaired) electrons. The number of hydrogen-bond donors (Lipinski definition) is 1. The Balaban J connectivity index is 1.87. The first-order valence-electron chi connectivity index (χ1n) is 8.17. The average molecular weight is 296 g/mol. The van der Waals surface area contributed by atoms with Crippen LogP contribution < -0.4 is 5.32 Å². The molecule has 1 amide bonds. The van der Waals surface area contributed by atoms with Crippen molar-refractivity contribution in [3.63, 3.8) is 0 Å². The van der Waals surface area contributed by atoms with E-state index in [-0.39, 0.29) is 11.9 Å². The minimum atomic E-state index is -0.157. The number of methoxy groups -OCH3 is 1. The third kappa shape index (κ3) is 4.99. The highest BCUT2D eigenvalue weighted by atomic mass is 16.5. The summed E-state index contributed by atoms with van der Waals surface area (Å²) in [6.45, 7) is 3.21. The molecule has 120 valence electrons. The van der Waals surface area contributed by atoms with E-state index in [9.17, 15) is 9.59 Å². The number of piperidine rings is 1. The summed E-state index contributed by atoms with van der Waals surface area (Å²) in [5.74, 6) is 0.367. The predicted octanol–water partition coefficient (Wildman–Crippen LogP) is 1.71. The molecule has 0 spiro atoms. The molecule has 1 N–H and O–H groups in total. The van der Waals surface area contributed by atoms with Gasteiger partial charge in [-0.1, -0.05) is 12.8 Å². The third-order valence-corrected chi connectivity index (χ3v) is 4.79. The normalized spacial score (nSPS) is 26.9.